The van der Waals surface area contributed by atoms with Gasteiger partial charge in [-0.3, -0.25) is 0 Å². The van der Waals surface area contributed by atoms with Crippen molar-refractivity contribution in [3.63, 3.8) is 0 Å². The van der Waals surface area contributed by atoms with Crippen LogP contribution in [0.25, 0.3) is 0 Å². The van der Waals surface area contributed by atoms with Gasteiger partial charge in [-0.1, -0.05) is 0 Å². The molecule has 0 amide bonds. The van der Waals surface area contributed by atoms with Gasteiger partial charge in [-0.05, 0) is 0 Å². The minimum absolute atomic E-state index is 0. The standard InChI is InChI=1S/B2H4O4.Mg/c3-1(4)2(5)6;/h3-6H;. The minimum Gasteiger partial charge on any atom is -0.429 e. The summed E-state index contributed by atoms with van der Waals surface area (Å²) in [6, 6.07) is 0. The first-order chi connectivity index (χ1) is 2.64. The van der Waals surface area contributed by atoms with Crippen molar-refractivity contribution in [1.29, 1.82) is 0 Å². The molecule has 0 unspecified atom stereocenters. The molecular formula is H4B2MgO4. The van der Waals surface area contributed by atoms with Crippen LogP contribution in [0, 0.1) is 0 Å². The molecule has 0 saturated heterocycles. The Bertz CT molecular complexity index is 30.7. The van der Waals surface area contributed by atoms with Gasteiger partial charge in [-0.15, -0.1) is 0 Å². The Morgan fingerprint density at radius 3 is 0.857 bits per heavy atom. The summed E-state index contributed by atoms with van der Waals surface area (Å²) in [6.45, 7) is 0. The zero-order chi connectivity index (χ0) is 5.15. The molecule has 0 aliphatic heterocycles. The number of rotatable bonds is 1. The fourth-order valence-electron chi connectivity index (χ4n) is 0. The smallest absolute Gasteiger partial charge is 0.429 e. The van der Waals surface area contributed by atoms with E-state index in [1.807, 2.05) is 0 Å². The van der Waals surface area contributed by atoms with E-state index in [9.17, 15) is 0 Å². The molecule has 0 saturated carbocycles. The molecule has 4 nitrogen and oxygen atoms in total. The van der Waals surface area contributed by atoms with E-state index < -0.39 is 14.0 Å². The maximum absolute atomic E-state index is 7.69. The van der Waals surface area contributed by atoms with Crippen molar-refractivity contribution in [3.8, 4) is 0 Å². The quantitative estimate of drug-likeness (QED) is 0.268. The Morgan fingerprint density at radius 1 is 0.714 bits per heavy atom. The highest BCUT2D eigenvalue weighted by atomic mass is 24.3. The van der Waals surface area contributed by atoms with Crippen molar-refractivity contribution in [2.24, 2.45) is 0 Å². The average molecular weight is 114 g/mol. The molecule has 0 fully saturated rings. The summed E-state index contributed by atoms with van der Waals surface area (Å²) >= 11 is 0. The van der Waals surface area contributed by atoms with Crippen LogP contribution < -0.4 is 0 Å². The van der Waals surface area contributed by atoms with E-state index >= 15 is 0 Å². The third kappa shape index (κ3) is 6.74. The van der Waals surface area contributed by atoms with E-state index in [0.29, 0.717) is 0 Å². The van der Waals surface area contributed by atoms with E-state index in [1.54, 1.807) is 0 Å². The van der Waals surface area contributed by atoms with Gasteiger partial charge >= 0.3 is 14.0 Å². The van der Waals surface area contributed by atoms with Gasteiger partial charge in [0.25, 0.3) is 0 Å². The van der Waals surface area contributed by atoms with Crippen molar-refractivity contribution in [3.05, 3.63) is 0 Å². The maximum atomic E-state index is 7.69. The van der Waals surface area contributed by atoms with E-state index in [0.717, 1.165) is 0 Å². The molecule has 4 N–H and O–H groups in total. The molecule has 0 aliphatic carbocycles. The lowest BCUT2D eigenvalue weighted by atomic mass is 9.50. The fraction of sp³-hybridized carbons (Fsp3) is 0. The number of hydrogen-bond donors (Lipinski definition) is 4. The lowest BCUT2D eigenvalue weighted by molar-refractivity contribution is 0.368. The van der Waals surface area contributed by atoms with Gasteiger partial charge in [0.05, 0.1) is 0 Å². The lowest BCUT2D eigenvalue weighted by Crippen LogP contribution is -2.35. The van der Waals surface area contributed by atoms with E-state index in [-0.39, 0.29) is 23.1 Å². The third-order valence-corrected chi connectivity index (χ3v) is 0.267. The predicted molar refractivity (Wildman–Crippen MR) is 26.1 cm³/mol. The van der Waals surface area contributed by atoms with Gasteiger partial charge in [-0.25, -0.2) is 0 Å². The Labute approximate surface area is 57.6 Å². The van der Waals surface area contributed by atoms with Crippen LogP contribution in [-0.2, 0) is 0 Å². The van der Waals surface area contributed by atoms with Gasteiger partial charge in [0.15, 0.2) is 0 Å². The first-order valence-electron chi connectivity index (χ1n) is 1.37. The van der Waals surface area contributed by atoms with Gasteiger partial charge in [0.1, 0.15) is 0 Å². The molecule has 2 radical (unpaired) electrons. The summed E-state index contributed by atoms with van der Waals surface area (Å²) in [4.78, 5) is 0. The molecule has 0 bridgehead atoms. The molecule has 7 heavy (non-hydrogen) atoms. The van der Waals surface area contributed by atoms with Crippen LogP contribution in [0.1, 0.15) is 0 Å². The molecule has 0 rings (SSSR count). The van der Waals surface area contributed by atoms with Crippen LogP contribution in [0.2, 0.25) is 0 Å². The second kappa shape index (κ2) is 4.88. The molecule has 0 atom stereocenters. The normalized spacial score (nSPS) is 6.86. The van der Waals surface area contributed by atoms with Gasteiger partial charge in [-0.2, -0.15) is 0 Å². The van der Waals surface area contributed by atoms with Crippen molar-refractivity contribution in [2.75, 3.05) is 0 Å². The largest absolute Gasteiger partial charge is 0.482 e. The molecule has 36 valence electrons. The van der Waals surface area contributed by atoms with E-state index in [4.69, 9.17) is 20.1 Å². The summed E-state index contributed by atoms with van der Waals surface area (Å²) < 4.78 is 0. The van der Waals surface area contributed by atoms with Crippen molar-refractivity contribution in [1.82, 2.24) is 0 Å². The molecule has 0 aromatic carbocycles. The SMILES string of the molecule is OB(O)B(O)O.[Mg]. The summed E-state index contributed by atoms with van der Waals surface area (Å²) in [5.41, 5.74) is 0. The minimum atomic E-state index is -2.04. The molecule has 7 heteroatoms. The highest BCUT2D eigenvalue weighted by Crippen LogP contribution is 1.65. The topological polar surface area (TPSA) is 80.9 Å². The van der Waals surface area contributed by atoms with Crippen LogP contribution in [0.15, 0.2) is 0 Å². The second-order valence-electron chi connectivity index (χ2n) is 0.827. The number of hydrogen-bond acceptors (Lipinski definition) is 4. The summed E-state index contributed by atoms with van der Waals surface area (Å²) in [5.74, 6) is 0. The fourth-order valence-corrected chi connectivity index (χ4v) is 0. The zero-order valence-electron chi connectivity index (χ0n) is 3.65. The van der Waals surface area contributed by atoms with E-state index in [2.05, 4.69) is 0 Å². The monoisotopic (exact) mass is 114 g/mol. The Morgan fingerprint density at radius 2 is 0.857 bits per heavy atom. The Balaban J connectivity index is 0. The van der Waals surface area contributed by atoms with Gasteiger partial charge < -0.3 is 20.1 Å². The summed E-state index contributed by atoms with van der Waals surface area (Å²) in [7, 11) is -4.07. The van der Waals surface area contributed by atoms with Crippen LogP contribution in [0.4, 0.5) is 0 Å². The van der Waals surface area contributed by atoms with Crippen LogP contribution in [-0.4, -0.2) is 57.2 Å². The van der Waals surface area contributed by atoms with Crippen molar-refractivity contribution in [2.45, 2.75) is 0 Å². The Hall–Kier alpha value is 0.736. The molecule has 0 aromatic rings. The Kier molecular flexibility index (Phi) is 7.44. The first kappa shape index (κ1) is 10.7. The third-order valence-electron chi connectivity index (χ3n) is 0.267. The highest BCUT2D eigenvalue weighted by molar-refractivity contribution is 7.07. The van der Waals surface area contributed by atoms with Crippen molar-refractivity contribution < 1.29 is 20.1 Å². The molecule has 0 heterocycles. The van der Waals surface area contributed by atoms with Crippen LogP contribution in [0.5, 0.6) is 0 Å². The highest BCUT2D eigenvalue weighted by Gasteiger charge is 2.23. The van der Waals surface area contributed by atoms with Crippen LogP contribution >= 0.6 is 0 Å². The molecule has 0 aliphatic rings. The lowest BCUT2D eigenvalue weighted by Gasteiger charge is -1.89. The molecular weight excluding hydrogens is 110 g/mol. The van der Waals surface area contributed by atoms with Gasteiger partial charge in [0.2, 0.25) is 0 Å². The zero-order valence-corrected chi connectivity index (χ0v) is 5.06. The first-order valence-corrected chi connectivity index (χ1v) is 1.37. The summed E-state index contributed by atoms with van der Waals surface area (Å²) in [5, 5.41) is 30.7. The van der Waals surface area contributed by atoms with Gasteiger partial charge in [0, 0.05) is 23.1 Å². The van der Waals surface area contributed by atoms with Crippen LogP contribution in [0.3, 0.4) is 0 Å². The maximum Gasteiger partial charge on any atom is 0.482 e. The molecule has 0 aromatic heterocycles. The second-order valence-corrected chi connectivity index (χ2v) is 0.827. The molecule has 0 spiro atoms. The summed E-state index contributed by atoms with van der Waals surface area (Å²) in [6.07, 6.45) is 0. The van der Waals surface area contributed by atoms with E-state index in [1.165, 1.54) is 0 Å². The van der Waals surface area contributed by atoms with Crippen molar-refractivity contribution >= 4 is 37.1 Å². The predicted octanol–water partition coefficient (Wildman–Crippen LogP) is -3.37. The average Bonchev–Trinajstić information content (AvgIpc) is 1.36.